The van der Waals surface area contributed by atoms with Gasteiger partial charge in [-0.05, 0) is 48.9 Å². The van der Waals surface area contributed by atoms with Gasteiger partial charge in [-0.1, -0.05) is 33.8 Å². The van der Waals surface area contributed by atoms with Crippen LogP contribution in [0.25, 0.3) is 41.6 Å². The van der Waals surface area contributed by atoms with E-state index in [9.17, 15) is 0 Å². The third-order valence-electron chi connectivity index (χ3n) is 6.01. The summed E-state index contributed by atoms with van der Waals surface area (Å²) < 4.78 is 11.6. The summed E-state index contributed by atoms with van der Waals surface area (Å²) in [6, 6.07) is 19.5. The Morgan fingerprint density at radius 1 is 0.853 bits per heavy atom. The van der Waals surface area contributed by atoms with Crippen molar-refractivity contribution >= 4 is 60.8 Å². The largest absolute Gasteiger partial charge is 0.378 e. The van der Waals surface area contributed by atoms with Gasteiger partial charge in [0.05, 0.1) is 28.1 Å². The van der Waals surface area contributed by atoms with Crippen molar-refractivity contribution in [3.05, 3.63) is 60.2 Å². The minimum Gasteiger partial charge on any atom is -0.378 e. The molecule has 0 fully saturated rings. The van der Waals surface area contributed by atoms with E-state index in [2.05, 4.69) is 102 Å². The first kappa shape index (κ1) is 23.2. The molecule has 0 atom stereocenters. The molecule has 0 spiro atoms. The second-order valence-corrected chi connectivity index (χ2v) is 11.1. The van der Waals surface area contributed by atoms with Gasteiger partial charge in [-0.25, -0.2) is 5.26 Å². The van der Waals surface area contributed by atoms with Gasteiger partial charge < -0.3 is 4.90 Å². The van der Waals surface area contributed by atoms with Crippen LogP contribution in [0, 0.1) is 6.92 Å². The van der Waals surface area contributed by atoms with Crippen molar-refractivity contribution < 1.29 is 23.8 Å². The smallest absolute Gasteiger partial charge is 0.269 e. The molecule has 0 aliphatic rings. The second kappa shape index (κ2) is 9.26. The summed E-state index contributed by atoms with van der Waals surface area (Å²) in [7, 11) is 8.32. The number of hydrogen-bond acceptors (Lipinski definition) is 7. The lowest BCUT2D eigenvalue weighted by atomic mass is 10.2. The molecule has 0 saturated carbocycles. The molecule has 2 aromatic heterocycles. The van der Waals surface area contributed by atoms with Crippen molar-refractivity contribution in [3.8, 4) is 21.1 Å². The van der Waals surface area contributed by atoms with Gasteiger partial charge in [-0.3, -0.25) is 0 Å². The lowest BCUT2D eigenvalue weighted by Gasteiger charge is -2.11. The average molecular weight is 512 g/mol. The second-order valence-electron chi connectivity index (χ2n) is 8.34. The highest BCUT2D eigenvalue weighted by atomic mass is 32.2. The Morgan fingerprint density at radius 2 is 1.50 bits per heavy atom. The number of anilines is 1. The normalized spacial score (nSPS) is 11.6. The highest BCUT2D eigenvalue weighted by Crippen LogP contribution is 2.39. The SMILES string of the molecule is Cc1ccc2c(sc(-c3ccc4c(c3)sc(-c3ccc(N(C)C)cc3)[n+]4C)[n+]2C)c1SOOO. The number of hydrogen-bond donors (Lipinski definition) is 1. The summed E-state index contributed by atoms with van der Waals surface area (Å²) in [4.78, 5) is 3.05. The van der Waals surface area contributed by atoms with E-state index in [4.69, 9.17) is 9.59 Å². The van der Waals surface area contributed by atoms with Crippen LogP contribution in [0.4, 0.5) is 5.69 Å². The van der Waals surface area contributed by atoms with Crippen LogP contribution < -0.4 is 14.0 Å². The van der Waals surface area contributed by atoms with Gasteiger partial charge in [0.25, 0.3) is 10.0 Å². The zero-order valence-corrected chi connectivity index (χ0v) is 22.0. The predicted molar refractivity (Wildman–Crippen MR) is 140 cm³/mol. The Morgan fingerprint density at radius 3 is 2.21 bits per heavy atom. The zero-order chi connectivity index (χ0) is 24.0. The summed E-state index contributed by atoms with van der Waals surface area (Å²) >= 11 is 4.53. The quantitative estimate of drug-likeness (QED) is 0.133. The van der Waals surface area contributed by atoms with Gasteiger partial charge >= 0.3 is 0 Å². The molecule has 0 aliphatic heterocycles. The lowest BCUT2D eigenvalue weighted by Crippen LogP contribution is -2.29. The van der Waals surface area contributed by atoms with E-state index >= 15 is 0 Å². The van der Waals surface area contributed by atoms with E-state index < -0.39 is 0 Å². The zero-order valence-electron chi connectivity index (χ0n) is 19.5. The Balaban J connectivity index is 1.59. The van der Waals surface area contributed by atoms with Gasteiger partial charge in [0.1, 0.15) is 23.5 Å². The summed E-state index contributed by atoms with van der Waals surface area (Å²) in [5.74, 6) is 0. The minimum absolute atomic E-state index is 0.936. The molecule has 0 aliphatic carbocycles. The third-order valence-corrected chi connectivity index (χ3v) is 9.53. The van der Waals surface area contributed by atoms with Crippen LogP contribution >= 0.6 is 34.7 Å². The molecule has 0 saturated heterocycles. The van der Waals surface area contributed by atoms with Gasteiger partial charge in [0.15, 0.2) is 0 Å². The molecule has 9 heteroatoms. The van der Waals surface area contributed by atoms with E-state index in [1.165, 1.54) is 32.0 Å². The molecule has 0 radical (unpaired) electrons. The van der Waals surface area contributed by atoms with Gasteiger partial charge in [-0.2, -0.15) is 9.13 Å². The highest BCUT2D eigenvalue weighted by Gasteiger charge is 2.25. The van der Waals surface area contributed by atoms with Crippen molar-refractivity contribution in [2.75, 3.05) is 19.0 Å². The number of thiazole rings is 2. The fraction of sp³-hybridized carbons (Fsp3) is 0.200. The summed E-state index contributed by atoms with van der Waals surface area (Å²) in [6.07, 6.45) is 0. The van der Waals surface area contributed by atoms with Crippen LogP contribution in [-0.2, 0) is 23.5 Å². The van der Waals surface area contributed by atoms with E-state index in [1.54, 1.807) is 22.7 Å². The van der Waals surface area contributed by atoms with Crippen LogP contribution in [-0.4, -0.2) is 19.4 Å². The molecular formula is C25H25N3O3S3+2. The topological polar surface area (TPSA) is 49.7 Å². The number of aromatic nitrogens is 2. The number of benzene rings is 3. The van der Waals surface area contributed by atoms with Gasteiger partial charge in [0.2, 0.25) is 11.0 Å². The van der Waals surface area contributed by atoms with E-state index in [1.807, 2.05) is 6.92 Å². The van der Waals surface area contributed by atoms with Crippen LogP contribution in [0.15, 0.2) is 59.5 Å². The first-order chi connectivity index (χ1) is 16.4. The monoisotopic (exact) mass is 511 g/mol. The maximum atomic E-state index is 8.63. The first-order valence-corrected chi connectivity index (χ1v) is 13.0. The molecule has 0 amide bonds. The van der Waals surface area contributed by atoms with Crippen LogP contribution in [0.3, 0.4) is 0 Å². The number of nitrogens with zero attached hydrogens (tertiary/aromatic N) is 3. The van der Waals surface area contributed by atoms with Gasteiger partial charge in [-0.15, -0.1) is 4.33 Å². The minimum atomic E-state index is 0.936. The molecule has 174 valence electrons. The molecule has 6 nitrogen and oxygen atoms in total. The molecule has 1 N–H and O–H groups in total. The fourth-order valence-corrected chi connectivity index (χ4v) is 7.27. The predicted octanol–water partition coefficient (Wildman–Crippen LogP) is 5.90. The first-order valence-electron chi connectivity index (χ1n) is 10.7. The molecular weight excluding hydrogens is 486 g/mol. The summed E-state index contributed by atoms with van der Waals surface area (Å²) in [6.45, 7) is 2.02. The third kappa shape index (κ3) is 3.98. The van der Waals surface area contributed by atoms with Crippen LogP contribution in [0.5, 0.6) is 0 Å². The Bertz CT molecular complexity index is 1510. The Labute approximate surface area is 210 Å². The molecule has 0 unspecified atom stereocenters. The summed E-state index contributed by atoms with van der Waals surface area (Å²) in [5, 5.41) is 14.9. The Kier molecular flexibility index (Phi) is 6.32. The number of rotatable bonds is 6. The highest BCUT2D eigenvalue weighted by molar-refractivity contribution is 7.95. The average Bonchev–Trinajstić information content (AvgIpc) is 3.35. The van der Waals surface area contributed by atoms with Crippen molar-refractivity contribution in [1.29, 1.82) is 0 Å². The molecule has 0 bridgehead atoms. The van der Waals surface area contributed by atoms with E-state index in [0.29, 0.717) is 0 Å². The van der Waals surface area contributed by atoms with Crippen molar-refractivity contribution in [2.45, 2.75) is 11.8 Å². The number of aryl methyl sites for hydroxylation is 3. The maximum Gasteiger partial charge on any atom is 0.269 e. The van der Waals surface area contributed by atoms with Crippen LogP contribution in [0.2, 0.25) is 0 Å². The van der Waals surface area contributed by atoms with Gasteiger partial charge in [0, 0.05) is 31.9 Å². The fourth-order valence-electron chi connectivity index (χ4n) is 4.14. The number of fused-ring (bicyclic) bond motifs is 2. The lowest BCUT2D eigenvalue weighted by molar-refractivity contribution is -0.629. The van der Waals surface area contributed by atoms with Crippen molar-refractivity contribution in [2.24, 2.45) is 14.1 Å². The van der Waals surface area contributed by atoms with Crippen molar-refractivity contribution in [1.82, 2.24) is 0 Å². The standard InChI is InChI=1S/C25H24N3O3S3/c1-15-6-12-20-23(22(15)34-31-30-29)33-25(28(20)5)17-9-13-19-21(14-17)32-24(27(19)4)16-7-10-18(11-8-16)26(2)3/h6-14H,1-5H3/q+1/p+1. The van der Waals surface area contributed by atoms with E-state index in [0.717, 1.165) is 37.7 Å². The molecule has 34 heavy (non-hydrogen) atoms. The Hall–Kier alpha value is -2.53. The molecule has 3 aromatic carbocycles. The van der Waals surface area contributed by atoms with Crippen LogP contribution in [0.1, 0.15) is 5.56 Å². The maximum absolute atomic E-state index is 8.63. The molecule has 2 heterocycles. The summed E-state index contributed by atoms with van der Waals surface area (Å²) in [5.41, 5.74) is 6.95. The molecule has 5 rings (SSSR count). The molecule has 5 aromatic rings. The van der Waals surface area contributed by atoms with Crippen molar-refractivity contribution in [3.63, 3.8) is 0 Å². The van der Waals surface area contributed by atoms with E-state index in [-0.39, 0.29) is 0 Å².